The van der Waals surface area contributed by atoms with E-state index in [-0.39, 0.29) is 5.69 Å². The summed E-state index contributed by atoms with van der Waals surface area (Å²) in [5.74, 6) is 5.37. The van der Waals surface area contributed by atoms with Crippen molar-refractivity contribution in [3.63, 3.8) is 0 Å². The minimum Gasteiger partial charge on any atom is -0.380 e. The Labute approximate surface area is 185 Å². The maximum Gasteiger partial charge on any atom is 0.267 e. The van der Waals surface area contributed by atoms with Crippen LogP contribution in [0.2, 0.25) is 0 Å². The number of aliphatic hydroxyl groups excluding tert-OH is 1. The molecular formula is C23H24N6O3. The third-order valence-corrected chi connectivity index (χ3v) is 4.70. The van der Waals surface area contributed by atoms with Gasteiger partial charge in [0.05, 0.1) is 11.4 Å². The molecule has 0 saturated carbocycles. The molecule has 0 aliphatic carbocycles. The summed E-state index contributed by atoms with van der Waals surface area (Å²) in [6.07, 6.45) is 1.85. The van der Waals surface area contributed by atoms with E-state index in [1.165, 1.54) is 4.90 Å². The minimum atomic E-state index is -0.864. The highest BCUT2D eigenvalue weighted by Crippen LogP contribution is 2.23. The zero-order valence-corrected chi connectivity index (χ0v) is 17.9. The van der Waals surface area contributed by atoms with Crippen molar-refractivity contribution in [2.75, 3.05) is 13.6 Å². The molecule has 0 unspecified atom stereocenters. The van der Waals surface area contributed by atoms with Crippen molar-refractivity contribution in [3.05, 3.63) is 53.9 Å². The van der Waals surface area contributed by atoms with Crippen molar-refractivity contribution in [1.82, 2.24) is 24.6 Å². The Morgan fingerprint density at radius 3 is 2.84 bits per heavy atom. The fourth-order valence-electron chi connectivity index (χ4n) is 2.99. The van der Waals surface area contributed by atoms with Crippen LogP contribution >= 0.6 is 0 Å². The van der Waals surface area contributed by atoms with Gasteiger partial charge in [0.15, 0.2) is 5.82 Å². The number of benzene rings is 1. The number of nitrogens with zero attached hydrogens (tertiary/aromatic N) is 5. The Kier molecular flexibility index (Phi) is 7.31. The molecule has 0 aliphatic rings. The molecule has 9 heteroatoms. The van der Waals surface area contributed by atoms with Gasteiger partial charge in [-0.2, -0.15) is 5.10 Å². The zero-order valence-electron chi connectivity index (χ0n) is 17.9. The molecule has 32 heavy (non-hydrogen) atoms. The smallest absolute Gasteiger partial charge is 0.267 e. The normalized spacial score (nSPS) is 11.3. The van der Waals surface area contributed by atoms with Crippen molar-refractivity contribution in [2.24, 2.45) is 5.73 Å². The standard InChI is InChI=1S/C23H24N6O3/c1-3-29-21(9-11-25-29)19-14-20(22(24)32)27-23(26-19)17-6-4-5-16(13-17)7-8-18(31)10-12-28(2)15-30/h4-6,9,11,13-15,18,31H,3,10,12H2,1-2H3,(H2,24,32)/t18-/m0/s1. The van der Waals surface area contributed by atoms with Crippen molar-refractivity contribution in [2.45, 2.75) is 26.0 Å². The summed E-state index contributed by atoms with van der Waals surface area (Å²) in [6, 6.07) is 10.5. The summed E-state index contributed by atoms with van der Waals surface area (Å²) in [4.78, 5) is 32.9. The van der Waals surface area contributed by atoms with Crippen LogP contribution in [0.15, 0.2) is 42.6 Å². The van der Waals surface area contributed by atoms with E-state index < -0.39 is 12.0 Å². The Morgan fingerprint density at radius 1 is 1.31 bits per heavy atom. The SMILES string of the molecule is CCn1nccc1-c1cc(C(N)=O)nc(-c2cccc(C#C[C@H](O)CCN(C)C=O)c2)n1. The molecule has 3 N–H and O–H groups in total. The summed E-state index contributed by atoms with van der Waals surface area (Å²) >= 11 is 0. The van der Waals surface area contributed by atoms with Gasteiger partial charge >= 0.3 is 0 Å². The molecule has 164 valence electrons. The first-order valence-corrected chi connectivity index (χ1v) is 10.1. The van der Waals surface area contributed by atoms with Gasteiger partial charge in [0.2, 0.25) is 6.41 Å². The second kappa shape index (κ2) is 10.3. The number of aliphatic hydroxyl groups is 1. The van der Waals surface area contributed by atoms with E-state index in [9.17, 15) is 14.7 Å². The Bertz CT molecular complexity index is 1180. The second-order valence-electron chi connectivity index (χ2n) is 7.10. The molecule has 0 radical (unpaired) electrons. The van der Waals surface area contributed by atoms with Gasteiger partial charge in [0, 0.05) is 43.9 Å². The van der Waals surface area contributed by atoms with Crippen LogP contribution in [0.3, 0.4) is 0 Å². The highest BCUT2D eigenvalue weighted by atomic mass is 16.3. The molecule has 0 fully saturated rings. The molecule has 1 aromatic carbocycles. The number of aryl methyl sites for hydroxylation is 1. The molecule has 0 saturated heterocycles. The molecule has 0 spiro atoms. The van der Waals surface area contributed by atoms with E-state index in [0.29, 0.717) is 48.6 Å². The summed E-state index contributed by atoms with van der Waals surface area (Å²) in [5, 5.41) is 14.3. The molecule has 2 aromatic heterocycles. The van der Waals surface area contributed by atoms with Gasteiger partial charge in [-0.05, 0) is 31.2 Å². The third-order valence-electron chi connectivity index (χ3n) is 4.70. The predicted molar refractivity (Wildman–Crippen MR) is 119 cm³/mol. The molecule has 9 nitrogen and oxygen atoms in total. The van der Waals surface area contributed by atoms with Gasteiger partial charge in [-0.25, -0.2) is 9.97 Å². The molecule has 0 aliphatic heterocycles. The van der Waals surface area contributed by atoms with Gasteiger partial charge in [0.25, 0.3) is 5.91 Å². The highest BCUT2D eigenvalue weighted by molar-refractivity contribution is 5.92. The fourth-order valence-corrected chi connectivity index (χ4v) is 2.99. The fraction of sp³-hybridized carbons (Fsp3) is 0.261. The number of rotatable bonds is 8. The van der Waals surface area contributed by atoms with Crippen LogP contribution in [-0.4, -0.2) is 61.8 Å². The van der Waals surface area contributed by atoms with Crippen molar-refractivity contribution >= 4 is 12.3 Å². The number of carbonyl (C=O) groups excluding carboxylic acids is 2. The van der Waals surface area contributed by atoms with Crippen molar-refractivity contribution < 1.29 is 14.7 Å². The lowest BCUT2D eigenvalue weighted by Crippen LogP contribution is -2.21. The lowest BCUT2D eigenvalue weighted by Gasteiger charge is -2.10. The van der Waals surface area contributed by atoms with Gasteiger partial charge in [-0.3, -0.25) is 14.3 Å². The topological polar surface area (TPSA) is 127 Å². The molecule has 2 amide bonds. The summed E-state index contributed by atoms with van der Waals surface area (Å²) in [5.41, 5.74) is 8.18. The largest absolute Gasteiger partial charge is 0.380 e. The maximum atomic E-state index is 11.9. The average Bonchev–Trinajstić information content (AvgIpc) is 3.30. The van der Waals surface area contributed by atoms with E-state index in [4.69, 9.17) is 5.73 Å². The second-order valence-corrected chi connectivity index (χ2v) is 7.10. The third kappa shape index (κ3) is 5.56. The van der Waals surface area contributed by atoms with Crippen LogP contribution in [0.1, 0.15) is 29.4 Å². The number of hydrogen-bond donors (Lipinski definition) is 2. The van der Waals surface area contributed by atoms with E-state index in [1.54, 1.807) is 42.2 Å². The van der Waals surface area contributed by atoms with Crippen molar-refractivity contribution in [1.29, 1.82) is 0 Å². The van der Waals surface area contributed by atoms with Gasteiger partial charge in [-0.1, -0.05) is 24.0 Å². The Hall–Kier alpha value is -4.03. The zero-order chi connectivity index (χ0) is 23.1. The first kappa shape index (κ1) is 22.7. The van der Waals surface area contributed by atoms with Gasteiger partial charge in [0.1, 0.15) is 11.8 Å². The van der Waals surface area contributed by atoms with E-state index in [0.717, 1.165) is 5.69 Å². The molecule has 0 bridgehead atoms. The maximum absolute atomic E-state index is 11.9. The molecular weight excluding hydrogens is 408 g/mol. The molecule has 1 atom stereocenters. The van der Waals surface area contributed by atoms with E-state index in [2.05, 4.69) is 26.9 Å². The van der Waals surface area contributed by atoms with Crippen LogP contribution in [-0.2, 0) is 11.3 Å². The van der Waals surface area contributed by atoms with Crippen LogP contribution in [0.4, 0.5) is 0 Å². The van der Waals surface area contributed by atoms with Gasteiger partial charge in [-0.15, -0.1) is 0 Å². The van der Waals surface area contributed by atoms with Crippen LogP contribution in [0, 0.1) is 11.8 Å². The summed E-state index contributed by atoms with van der Waals surface area (Å²) in [6.45, 7) is 3.01. The van der Waals surface area contributed by atoms with Gasteiger partial charge < -0.3 is 15.7 Å². The number of hydrogen-bond acceptors (Lipinski definition) is 6. The molecule has 3 rings (SSSR count). The minimum absolute atomic E-state index is 0.0973. The first-order valence-electron chi connectivity index (χ1n) is 10.1. The lowest BCUT2D eigenvalue weighted by atomic mass is 10.1. The van der Waals surface area contributed by atoms with Crippen LogP contribution < -0.4 is 5.73 Å². The Balaban J connectivity index is 1.93. The predicted octanol–water partition coefficient (Wildman–Crippen LogP) is 1.32. The van der Waals surface area contributed by atoms with Crippen LogP contribution in [0.25, 0.3) is 22.8 Å². The molecule has 3 aromatic rings. The number of nitrogens with two attached hydrogens (primary N) is 1. The number of aromatic nitrogens is 4. The number of amides is 2. The summed E-state index contributed by atoms with van der Waals surface area (Å²) < 4.78 is 1.77. The lowest BCUT2D eigenvalue weighted by molar-refractivity contribution is -0.117. The van der Waals surface area contributed by atoms with E-state index in [1.807, 2.05) is 19.1 Å². The number of carbonyl (C=O) groups is 2. The Morgan fingerprint density at radius 2 is 2.12 bits per heavy atom. The first-order chi connectivity index (χ1) is 15.4. The van der Waals surface area contributed by atoms with Crippen molar-refractivity contribution in [3.8, 4) is 34.6 Å². The summed E-state index contributed by atoms with van der Waals surface area (Å²) in [7, 11) is 1.64. The average molecular weight is 432 g/mol. The quantitative estimate of drug-likeness (QED) is 0.408. The number of primary amides is 1. The highest BCUT2D eigenvalue weighted by Gasteiger charge is 2.14. The van der Waals surface area contributed by atoms with Crippen LogP contribution in [0.5, 0.6) is 0 Å². The molecule has 2 heterocycles. The monoisotopic (exact) mass is 432 g/mol. The van der Waals surface area contributed by atoms with E-state index >= 15 is 0 Å².